The van der Waals surface area contributed by atoms with Crippen LogP contribution in [0.3, 0.4) is 0 Å². The molecule has 1 aliphatic carbocycles. The Morgan fingerprint density at radius 2 is 1.39 bits per heavy atom. The van der Waals surface area contributed by atoms with Gasteiger partial charge in [0.15, 0.2) is 0 Å². The van der Waals surface area contributed by atoms with Gasteiger partial charge in [0, 0.05) is 10.3 Å². The monoisotopic (exact) mass is 452 g/mol. The van der Waals surface area contributed by atoms with E-state index in [2.05, 4.69) is 43.3 Å². The normalized spacial score (nSPS) is 12.5. The van der Waals surface area contributed by atoms with E-state index < -0.39 is 5.92 Å². The van der Waals surface area contributed by atoms with Crippen LogP contribution in [0.2, 0.25) is 0 Å². The Hall–Kier alpha value is -3.04. The number of benzene rings is 4. The van der Waals surface area contributed by atoms with Crippen LogP contribution in [0.1, 0.15) is 49.7 Å². The average Bonchev–Trinajstić information content (AvgIpc) is 3.19. The molecule has 0 heterocycles. The summed E-state index contributed by atoms with van der Waals surface area (Å²) in [5, 5.41) is 2.14. The predicted molar refractivity (Wildman–Crippen MR) is 138 cm³/mol. The molecule has 166 valence electrons. The fourth-order valence-electron chi connectivity index (χ4n) is 4.75. The maximum absolute atomic E-state index is 13.5. The first kappa shape index (κ1) is 21.8. The van der Waals surface area contributed by atoms with Gasteiger partial charge >= 0.3 is 5.97 Å². The predicted octanol–water partition coefficient (Wildman–Crippen LogP) is 8.23. The van der Waals surface area contributed by atoms with Gasteiger partial charge in [0.1, 0.15) is 11.7 Å². The second-order valence-electron chi connectivity index (χ2n) is 8.55. The summed E-state index contributed by atoms with van der Waals surface area (Å²) in [7, 11) is 0. The molecule has 0 radical (unpaired) electrons. The topological polar surface area (TPSA) is 26.3 Å². The summed E-state index contributed by atoms with van der Waals surface area (Å²) in [6.07, 6.45) is 5.05. The number of hydrogen-bond acceptors (Lipinski definition) is 3. The van der Waals surface area contributed by atoms with Crippen molar-refractivity contribution in [2.24, 2.45) is 0 Å². The Bertz CT molecular complexity index is 1250. The molecule has 3 heteroatoms. The van der Waals surface area contributed by atoms with E-state index >= 15 is 0 Å². The van der Waals surface area contributed by atoms with Gasteiger partial charge in [-0.1, -0.05) is 99.0 Å². The van der Waals surface area contributed by atoms with Crippen molar-refractivity contribution in [1.82, 2.24) is 0 Å². The van der Waals surface area contributed by atoms with Gasteiger partial charge in [0.2, 0.25) is 0 Å². The molecule has 33 heavy (non-hydrogen) atoms. The summed E-state index contributed by atoms with van der Waals surface area (Å²) in [5.41, 5.74) is 4.28. The van der Waals surface area contributed by atoms with Crippen molar-refractivity contribution in [2.45, 2.75) is 43.4 Å². The number of hydrogen-bond donors (Lipinski definition) is 0. The van der Waals surface area contributed by atoms with Gasteiger partial charge in [0.05, 0.1) is 0 Å². The molecular formula is C30H28O2S. The lowest BCUT2D eigenvalue weighted by atomic mass is 9.97. The van der Waals surface area contributed by atoms with Crippen molar-refractivity contribution in [1.29, 1.82) is 0 Å². The summed E-state index contributed by atoms with van der Waals surface area (Å²) >= 11 is 1.89. The molecule has 4 aromatic rings. The van der Waals surface area contributed by atoms with Crippen LogP contribution in [0.5, 0.6) is 5.75 Å². The van der Waals surface area contributed by atoms with Gasteiger partial charge in [-0.3, -0.25) is 4.79 Å². The van der Waals surface area contributed by atoms with Crippen molar-refractivity contribution >= 4 is 28.5 Å². The van der Waals surface area contributed by atoms with Gasteiger partial charge in [-0.25, -0.2) is 0 Å². The minimum Gasteiger partial charge on any atom is -0.425 e. The standard InChI is InChI=1S/C30H28O2S/c1-2-3-4-11-20-33-28-19-18-27(23-14-7-8-15-24(23)28)32-30(31)29-25-16-9-5-12-21(25)22-13-6-10-17-26(22)29/h5-10,12-19,29H,2-4,11,20H2,1H3. The Morgan fingerprint density at radius 3 is 2.09 bits per heavy atom. The zero-order chi connectivity index (χ0) is 22.6. The number of carbonyl (C=O) groups is 1. The number of ether oxygens (including phenoxy) is 1. The first-order valence-electron chi connectivity index (χ1n) is 11.8. The van der Waals surface area contributed by atoms with Crippen LogP contribution in [-0.4, -0.2) is 11.7 Å². The molecule has 5 rings (SSSR count). The summed E-state index contributed by atoms with van der Waals surface area (Å²) in [5.74, 6) is 1.12. The molecule has 0 unspecified atom stereocenters. The maximum Gasteiger partial charge on any atom is 0.323 e. The number of carbonyl (C=O) groups excluding carboxylic acids is 1. The van der Waals surface area contributed by atoms with E-state index in [1.165, 1.54) is 30.6 Å². The molecule has 0 saturated heterocycles. The number of esters is 1. The molecule has 2 nitrogen and oxygen atoms in total. The van der Waals surface area contributed by atoms with Gasteiger partial charge in [-0.05, 0) is 51.9 Å². The van der Waals surface area contributed by atoms with Crippen LogP contribution in [0, 0.1) is 0 Å². The zero-order valence-corrected chi connectivity index (χ0v) is 19.7. The summed E-state index contributed by atoms with van der Waals surface area (Å²) in [4.78, 5) is 14.8. The highest BCUT2D eigenvalue weighted by Gasteiger charge is 2.35. The lowest BCUT2D eigenvalue weighted by molar-refractivity contribution is -0.134. The second kappa shape index (κ2) is 9.84. The molecule has 4 aromatic carbocycles. The van der Waals surface area contributed by atoms with Gasteiger partial charge in [-0.15, -0.1) is 11.8 Å². The fourth-order valence-corrected chi connectivity index (χ4v) is 5.81. The molecule has 1 aliphatic rings. The Labute approximate surface area is 200 Å². The Kier molecular flexibility index (Phi) is 6.50. The lowest BCUT2D eigenvalue weighted by Crippen LogP contribution is -2.18. The van der Waals surface area contributed by atoms with Crippen LogP contribution < -0.4 is 4.74 Å². The zero-order valence-electron chi connectivity index (χ0n) is 18.9. The minimum absolute atomic E-state index is 0.225. The van der Waals surface area contributed by atoms with Crippen molar-refractivity contribution in [2.75, 3.05) is 5.75 Å². The molecule has 0 fully saturated rings. The molecule has 0 aromatic heterocycles. The van der Waals surface area contributed by atoms with Crippen LogP contribution in [0.4, 0.5) is 0 Å². The molecule has 0 N–H and O–H groups in total. The van der Waals surface area contributed by atoms with Crippen LogP contribution in [-0.2, 0) is 4.79 Å². The summed E-state index contributed by atoms with van der Waals surface area (Å²) in [6.45, 7) is 2.24. The number of unbranched alkanes of at least 4 members (excludes halogenated alkanes) is 3. The molecule has 0 saturated carbocycles. The number of fused-ring (bicyclic) bond motifs is 4. The first-order valence-corrected chi connectivity index (χ1v) is 12.8. The molecule has 0 bridgehead atoms. The van der Waals surface area contributed by atoms with E-state index in [0.29, 0.717) is 5.75 Å². The molecular weight excluding hydrogens is 424 g/mol. The molecule has 0 atom stereocenters. The highest BCUT2D eigenvalue weighted by molar-refractivity contribution is 7.99. The highest BCUT2D eigenvalue weighted by atomic mass is 32.2. The van der Waals surface area contributed by atoms with E-state index in [-0.39, 0.29) is 5.97 Å². The third-order valence-electron chi connectivity index (χ3n) is 6.38. The van der Waals surface area contributed by atoms with Gasteiger partial charge < -0.3 is 4.74 Å². The Morgan fingerprint density at radius 1 is 0.758 bits per heavy atom. The smallest absolute Gasteiger partial charge is 0.323 e. The van der Waals surface area contributed by atoms with E-state index in [1.54, 1.807) is 0 Å². The Balaban J connectivity index is 1.42. The summed E-state index contributed by atoms with van der Waals surface area (Å²) < 4.78 is 6.09. The minimum atomic E-state index is -0.399. The highest BCUT2D eigenvalue weighted by Crippen LogP contribution is 2.45. The quantitative estimate of drug-likeness (QED) is 0.117. The first-order chi connectivity index (χ1) is 16.3. The fraction of sp³-hybridized carbons (Fsp3) is 0.233. The molecule has 0 spiro atoms. The van der Waals surface area contributed by atoms with Crippen LogP contribution >= 0.6 is 11.8 Å². The van der Waals surface area contributed by atoms with E-state index in [0.717, 1.165) is 38.8 Å². The third-order valence-corrected chi connectivity index (χ3v) is 7.54. The van der Waals surface area contributed by atoms with E-state index in [1.807, 2.05) is 60.3 Å². The SMILES string of the molecule is CCCCCCSc1ccc(OC(=O)C2c3ccccc3-c3ccccc32)c2ccccc12. The number of thioether (sulfide) groups is 1. The van der Waals surface area contributed by atoms with E-state index in [9.17, 15) is 4.79 Å². The average molecular weight is 453 g/mol. The van der Waals surface area contributed by atoms with Gasteiger partial charge in [0.25, 0.3) is 0 Å². The lowest BCUT2D eigenvalue weighted by Gasteiger charge is -2.15. The van der Waals surface area contributed by atoms with Crippen molar-refractivity contribution in [3.05, 3.63) is 96.1 Å². The van der Waals surface area contributed by atoms with Crippen molar-refractivity contribution in [3.8, 4) is 16.9 Å². The molecule has 0 amide bonds. The van der Waals surface area contributed by atoms with Gasteiger partial charge in [-0.2, -0.15) is 0 Å². The number of rotatable bonds is 8. The van der Waals surface area contributed by atoms with Crippen molar-refractivity contribution < 1.29 is 9.53 Å². The second-order valence-corrected chi connectivity index (χ2v) is 9.68. The molecule has 0 aliphatic heterocycles. The van der Waals surface area contributed by atoms with E-state index in [4.69, 9.17) is 4.74 Å². The largest absolute Gasteiger partial charge is 0.425 e. The summed E-state index contributed by atoms with van der Waals surface area (Å²) in [6, 6.07) is 28.6. The maximum atomic E-state index is 13.5. The van der Waals surface area contributed by atoms with Crippen LogP contribution in [0.15, 0.2) is 89.8 Å². The van der Waals surface area contributed by atoms with Crippen LogP contribution in [0.25, 0.3) is 21.9 Å². The third kappa shape index (κ3) is 4.30. The van der Waals surface area contributed by atoms with Crippen molar-refractivity contribution in [3.63, 3.8) is 0 Å².